The van der Waals surface area contributed by atoms with Gasteiger partial charge in [0.15, 0.2) is 0 Å². The molecule has 0 aromatic heterocycles. The molecule has 0 atom stereocenters. The molecule has 2 aromatic rings. The predicted octanol–water partition coefficient (Wildman–Crippen LogP) is 4.33. The van der Waals surface area contributed by atoms with Gasteiger partial charge in [-0.25, -0.2) is 0 Å². The van der Waals surface area contributed by atoms with Crippen LogP contribution in [0.2, 0.25) is 0 Å². The molecule has 1 fully saturated rings. The summed E-state index contributed by atoms with van der Waals surface area (Å²) in [6, 6.07) is 10.6. The van der Waals surface area contributed by atoms with E-state index in [0.29, 0.717) is 28.3 Å². The summed E-state index contributed by atoms with van der Waals surface area (Å²) in [5.74, 6) is 0.752. The molecule has 154 valence electrons. The lowest BCUT2D eigenvalue weighted by Crippen LogP contribution is -2.36. The van der Waals surface area contributed by atoms with Gasteiger partial charge in [0.1, 0.15) is 11.5 Å². The van der Waals surface area contributed by atoms with Crippen molar-refractivity contribution >= 4 is 17.5 Å². The Morgan fingerprint density at radius 1 is 0.862 bits per heavy atom. The fourth-order valence-corrected chi connectivity index (χ4v) is 3.59. The molecule has 1 aliphatic carbocycles. The zero-order valence-corrected chi connectivity index (χ0v) is 17.2. The number of nitrogens with one attached hydrogen (secondary N) is 2. The number of ether oxygens (including phenoxy) is 2. The van der Waals surface area contributed by atoms with E-state index in [4.69, 9.17) is 9.47 Å². The Hall–Kier alpha value is -3.02. The lowest BCUT2D eigenvalue weighted by Gasteiger charge is -2.23. The van der Waals surface area contributed by atoms with Crippen LogP contribution in [0.15, 0.2) is 36.4 Å². The number of rotatable bonds is 6. The Balaban J connectivity index is 1.70. The quantitative estimate of drug-likeness (QED) is 0.762. The molecule has 0 radical (unpaired) electrons. The van der Waals surface area contributed by atoms with Gasteiger partial charge in [-0.15, -0.1) is 0 Å². The van der Waals surface area contributed by atoms with Gasteiger partial charge in [0.25, 0.3) is 11.8 Å². The second-order valence-electron chi connectivity index (χ2n) is 7.39. The van der Waals surface area contributed by atoms with Crippen LogP contribution in [0, 0.1) is 6.92 Å². The molecule has 0 saturated heterocycles. The Morgan fingerprint density at radius 2 is 1.52 bits per heavy atom. The highest BCUT2D eigenvalue weighted by Gasteiger charge is 2.17. The smallest absolute Gasteiger partial charge is 0.255 e. The van der Waals surface area contributed by atoms with Crippen molar-refractivity contribution in [3.63, 3.8) is 0 Å². The van der Waals surface area contributed by atoms with Crippen molar-refractivity contribution in [1.29, 1.82) is 0 Å². The first-order valence-electron chi connectivity index (χ1n) is 9.96. The summed E-state index contributed by atoms with van der Waals surface area (Å²) in [4.78, 5) is 25.2. The number of anilines is 1. The van der Waals surface area contributed by atoms with Crippen molar-refractivity contribution in [2.45, 2.75) is 45.1 Å². The topological polar surface area (TPSA) is 76.7 Å². The molecule has 0 unspecified atom stereocenters. The molecule has 6 nitrogen and oxygen atoms in total. The number of hydrogen-bond donors (Lipinski definition) is 2. The molecular weight excluding hydrogens is 368 g/mol. The highest BCUT2D eigenvalue weighted by atomic mass is 16.5. The summed E-state index contributed by atoms with van der Waals surface area (Å²) in [6.07, 6.45) is 5.68. The maximum atomic E-state index is 12.7. The Bertz CT molecular complexity index is 866. The molecular formula is C23H28N2O4. The molecule has 2 amide bonds. The predicted molar refractivity (Wildman–Crippen MR) is 113 cm³/mol. The summed E-state index contributed by atoms with van der Waals surface area (Å²) in [5, 5.41) is 6.01. The van der Waals surface area contributed by atoms with Gasteiger partial charge in [0.2, 0.25) is 0 Å². The number of methoxy groups -OCH3 is 2. The summed E-state index contributed by atoms with van der Waals surface area (Å²) in [5.41, 5.74) is 2.52. The molecule has 1 saturated carbocycles. The first-order valence-corrected chi connectivity index (χ1v) is 9.96. The Kier molecular flexibility index (Phi) is 6.75. The van der Waals surface area contributed by atoms with Gasteiger partial charge in [0, 0.05) is 28.9 Å². The second-order valence-corrected chi connectivity index (χ2v) is 7.39. The second kappa shape index (κ2) is 9.45. The monoisotopic (exact) mass is 396 g/mol. The Morgan fingerprint density at radius 3 is 2.10 bits per heavy atom. The largest absolute Gasteiger partial charge is 0.497 e. The van der Waals surface area contributed by atoms with E-state index in [1.54, 1.807) is 36.4 Å². The van der Waals surface area contributed by atoms with Crippen LogP contribution in [-0.2, 0) is 0 Å². The number of aryl methyl sites for hydroxylation is 1. The van der Waals surface area contributed by atoms with E-state index in [2.05, 4.69) is 10.6 Å². The van der Waals surface area contributed by atoms with Gasteiger partial charge in [0.05, 0.1) is 14.2 Å². The van der Waals surface area contributed by atoms with Crippen LogP contribution in [0.3, 0.4) is 0 Å². The van der Waals surface area contributed by atoms with Gasteiger partial charge < -0.3 is 20.1 Å². The molecule has 2 N–H and O–H groups in total. The number of hydrogen-bond acceptors (Lipinski definition) is 4. The van der Waals surface area contributed by atoms with Crippen LogP contribution in [0.4, 0.5) is 5.69 Å². The number of amides is 2. The van der Waals surface area contributed by atoms with Crippen molar-refractivity contribution in [3.05, 3.63) is 53.1 Å². The fraction of sp³-hybridized carbons (Fsp3) is 0.391. The fourth-order valence-electron chi connectivity index (χ4n) is 3.59. The zero-order valence-electron chi connectivity index (χ0n) is 17.2. The minimum Gasteiger partial charge on any atom is -0.497 e. The molecule has 1 aliphatic rings. The molecule has 29 heavy (non-hydrogen) atoms. The SMILES string of the molecule is COc1cc(OC)cc(C(=O)Nc2ccc(C(=O)NC3CCCCC3)cc2C)c1. The lowest BCUT2D eigenvalue weighted by atomic mass is 9.95. The van der Waals surface area contributed by atoms with Crippen LogP contribution in [0.1, 0.15) is 58.4 Å². The highest BCUT2D eigenvalue weighted by molar-refractivity contribution is 6.05. The van der Waals surface area contributed by atoms with Gasteiger partial charge in [-0.2, -0.15) is 0 Å². The minimum absolute atomic E-state index is 0.0598. The number of carbonyl (C=O) groups excluding carboxylic acids is 2. The molecule has 6 heteroatoms. The summed E-state index contributed by atoms with van der Waals surface area (Å²) < 4.78 is 10.4. The average Bonchev–Trinajstić information content (AvgIpc) is 2.75. The normalized spacial score (nSPS) is 14.2. The van der Waals surface area contributed by atoms with Crippen LogP contribution in [0.5, 0.6) is 11.5 Å². The highest BCUT2D eigenvalue weighted by Crippen LogP contribution is 2.24. The number of carbonyl (C=O) groups is 2. The lowest BCUT2D eigenvalue weighted by molar-refractivity contribution is 0.0927. The van der Waals surface area contributed by atoms with E-state index >= 15 is 0 Å². The van der Waals surface area contributed by atoms with Crippen molar-refractivity contribution in [1.82, 2.24) is 5.32 Å². The standard InChI is InChI=1S/C23H28N2O4/c1-15-11-16(22(26)24-18-7-5-4-6-8-18)9-10-21(15)25-23(27)17-12-19(28-2)14-20(13-17)29-3/h9-14,18H,4-8H2,1-3H3,(H,24,26)(H,25,27). The van der Waals surface area contributed by atoms with Crippen molar-refractivity contribution < 1.29 is 19.1 Å². The zero-order chi connectivity index (χ0) is 20.8. The first kappa shape index (κ1) is 20.7. The van der Waals surface area contributed by atoms with Crippen LogP contribution < -0.4 is 20.1 Å². The van der Waals surface area contributed by atoms with E-state index in [-0.39, 0.29) is 17.9 Å². The minimum atomic E-state index is -0.273. The summed E-state index contributed by atoms with van der Waals surface area (Å²) in [6.45, 7) is 1.87. The van der Waals surface area contributed by atoms with Crippen LogP contribution in [0.25, 0.3) is 0 Å². The molecule has 2 aromatic carbocycles. The third-order valence-corrected chi connectivity index (χ3v) is 5.29. The van der Waals surface area contributed by atoms with Crippen LogP contribution in [-0.4, -0.2) is 32.1 Å². The van der Waals surface area contributed by atoms with E-state index in [1.165, 1.54) is 33.5 Å². The van der Waals surface area contributed by atoms with Gasteiger partial charge >= 0.3 is 0 Å². The number of benzene rings is 2. The van der Waals surface area contributed by atoms with E-state index in [1.807, 2.05) is 6.92 Å². The third kappa shape index (κ3) is 5.28. The van der Waals surface area contributed by atoms with Crippen molar-refractivity contribution in [2.24, 2.45) is 0 Å². The van der Waals surface area contributed by atoms with Gasteiger partial charge in [-0.3, -0.25) is 9.59 Å². The van der Waals surface area contributed by atoms with Gasteiger partial charge in [-0.1, -0.05) is 19.3 Å². The molecule has 0 heterocycles. The summed E-state index contributed by atoms with van der Waals surface area (Å²) in [7, 11) is 3.08. The molecule has 0 aliphatic heterocycles. The van der Waals surface area contributed by atoms with Gasteiger partial charge in [-0.05, 0) is 55.7 Å². The average molecular weight is 396 g/mol. The van der Waals surface area contributed by atoms with E-state index in [9.17, 15) is 9.59 Å². The molecule has 3 rings (SSSR count). The maximum Gasteiger partial charge on any atom is 0.255 e. The third-order valence-electron chi connectivity index (χ3n) is 5.29. The van der Waals surface area contributed by atoms with Crippen molar-refractivity contribution in [2.75, 3.05) is 19.5 Å². The van der Waals surface area contributed by atoms with E-state index in [0.717, 1.165) is 18.4 Å². The summed E-state index contributed by atoms with van der Waals surface area (Å²) >= 11 is 0. The van der Waals surface area contributed by atoms with Crippen LogP contribution >= 0.6 is 0 Å². The Labute approximate surface area is 171 Å². The van der Waals surface area contributed by atoms with Crippen molar-refractivity contribution in [3.8, 4) is 11.5 Å². The maximum absolute atomic E-state index is 12.7. The van der Waals surface area contributed by atoms with E-state index < -0.39 is 0 Å². The molecule has 0 bridgehead atoms. The first-order chi connectivity index (χ1) is 14.0. The molecule has 0 spiro atoms.